The molecule has 292 valence electrons. The molecule has 0 saturated carbocycles. The van der Waals surface area contributed by atoms with Gasteiger partial charge in [0.1, 0.15) is 11.5 Å². The Morgan fingerprint density at radius 2 is 1.00 bits per heavy atom. The van der Waals surface area contributed by atoms with E-state index in [0.717, 1.165) is 0 Å². The summed E-state index contributed by atoms with van der Waals surface area (Å²) in [6.07, 6.45) is 3.06. The van der Waals surface area contributed by atoms with E-state index in [0.29, 0.717) is 56.5 Å². The number of halogens is 4. The summed E-state index contributed by atoms with van der Waals surface area (Å²) in [6, 6.07) is 11.8. The highest BCUT2D eigenvalue weighted by Gasteiger charge is 2.19. The predicted molar refractivity (Wildman–Crippen MR) is 188 cm³/mol. The van der Waals surface area contributed by atoms with Crippen molar-refractivity contribution in [2.45, 2.75) is 35.0 Å². The fraction of sp³-hybridized carbons (Fsp3) is 0.250. The Labute approximate surface area is 308 Å². The molecule has 0 spiro atoms. The van der Waals surface area contributed by atoms with Crippen molar-refractivity contribution >= 4 is 43.7 Å². The zero-order chi connectivity index (χ0) is 37.4. The van der Waals surface area contributed by atoms with Crippen LogP contribution in [0.3, 0.4) is 0 Å². The molecular formula is C32H34F4N6O10S2. The van der Waals surface area contributed by atoms with E-state index in [2.05, 4.69) is 39.4 Å². The standard InChI is InChI=1S/2C16H15F2N3O4S.2H2O/c2*1-23-13-5-6-19-12(14(13)24-2)8-26(22)16-20-10-4-3-9(25-15(17)18)7-11(10)21-16;;/h2*3-7,15H,8H2,1-2H3,(H,20,21);2*1H2/t2*26-;;/m00../s1. The Morgan fingerprint density at radius 3 is 1.33 bits per heavy atom. The third kappa shape index (κ3) is 10.3. The lowest BCUT2D eigenvalue weighted by Gasteiger charge is -2.10. The number of aromatic nitrogens is 6. The highest BCUT2D eigenvalue weighted by molar-refractivity contribution is 7.84. The fourth-order valence-electron chi connectivity index (χ4n) is 4.79. The van der Waals surface area contributed by atoms with Gasteiger partial charge < -0.3 is 49.3 Å². The molecule has 0 radical (unpaired) electrons. The van der Waals surface area contributed by atoms with E-state index in [1.54, 1.807) is 12.1 Å². The molecule has 0 bridgehead atoms. The number of methoxy groups -OCH3 is 4. The summed E-state index contributed by atoms with van der Waals surface area (Å²) in [4.78, 5) is 22.5. The van der Waals surface area contributed by atoms with Crippen LogP contribution in [0.2, 0.25) is 0 Å². The summed E-state index contributed by atoms with van der Waals surface area (Å²) in [5.41, 5.74) is 2.76. The van der Waals surface area contributed by atoms with Gasteiger partial charge in [0.15, 0.2) is 33.3 Å². The number of alkyl halides is 4. The zero-order valence-corrected chi connectivity index (χ0v) is 30.4. The molecule has 0 aliphatic rings. The monoisotopic (exact) mass is 802 g/mol. The Hall–Kier alpha value is -5.58. The smallest absolute Gasteiger partial charge is 0.387 e. The van der Waals surface area contributed by atoms with Gasteiger partial charge in [0.2, 0.25) is 0 Å². The van der Waals surface area contributed by atoms with Crippen molar-refractivity contribution in [2.24, 2.45) is 0 Å². The largest absolute Gasteiger partial charge is 0.493 e. The van der Waals surface area contributed by atoms with Crippen LogP contribution in [0.25, 0.3) is 22.1 Å². The Kier molecular flexibility index (Phi) is 15.5. The number of hydrogen-bond acceptors (Lipinski definition) is 12. The van der Waals surface area contributed by atoms with E-state index >= 15 is 0 Å². The Balaban J connectivity index is 0.000000280. The lowest BCUT2D eigenvalue weighted by Crippen LogP contribution is -2.04. The molecule has 0 aliphatic heterocycles. The van der Waals surface area contributed by atoms with E-state index in [4.69, 9.17) is 18.9 Å². The molecule has 6 rings (SSSR count). The van der Waals surface area contributed by atoms with Crippen molar-refractivity contribution in [3.8, 4) is 34.5 Å². The van der Waals surface area contributed by atoms with Gasteiger partial charge in [0, 0.05) is 36.7 Å². The van der Waals surface area contributed by atoms with E-state index < -0.39 is 34.8 Å². The second kappa shape index (κ2) is 19.5. The molecule has 0 amide bonds. The summed E-state index contributed by atoms with van der Waals surface area (Å²) in [6.45, 7) is -5.84. The van der Waals surface area contributed by atoms with Gasteiger partial charge in [0.25, 0.3) is 0 Å². The highest BCUT2D eigenvalue weighted by Crippen LogP contribution is 2.32. The minimum absolute atomic E-state index is 0. The number of rotatable bonds is 14. The molecule has 4 aromatic heterocycles. The topological polar surface area (TPSA) is 236 Å². The second-order valence-corrected chi connectivity index (χ2v) is 12.9. The molecule has 0 unspecified atom stereocenters. The third-order valence-corrected chi connectivity index (χ3v) is 9.33. The maximum Gasteiger partial charge on any atom is 0.387 e. The lowest BCUT2D eigenvalue weighted by molar-refractivity contribution is -0.0504. The van der Waals surface area contributed by atoms with Gasteiger partial charge in [-0.15, -0.1) is 0 Å². The number of fused-ring (bicyclic) bond motifs is 2. The van der Waals surface area contributed by atoms with Crippen LogP contribution in [-0.4, -0.2) is 90.9 Å². The van der Waals surface area contributed by atoms with Gasteiger partial charge in [-0.25, -0.2) is 9.97 Å². The molecule has 0 saturated heterocycles. The number of ether oxygens (including phenoxy) is 6. The van der Waals surface area contributed by atoms with Gasteiger partial charge in [-0.1, -0.05) is 0 Å². The number of nitrogens with one attached hydrogen (secondary N) is 2. The van der Waals surface area contributed by atoms with E-state index in [9.17, 15) is 26.0 Å². The van der Waals surface area contributed by atoms with Crippen LogP contribution < -0.4 is 28.4 Å². The molecule has 6 aromatic rings. The molecule has 22 heteroatoms. The molecule has 2 atom stereocenters. The molecule has 2 aromatic carbocycles. The number of hydrogen-bond donors (Lipinski definition) is 2. The van der Waals surface area contributed by atoms with E-state index in [1.165, 1.54) is 77.2 Å². The Morgan fingerprint density at radius 1 is 0.611 bits per heavy atom. The molecule has 54 heavy (non-hydrogen) atoms. The first-order chi connectivity index (χ1) is 25.0. The average molecular weight is 803 g/mol. The average Bonchev–Trinajstić information content (AvgIpc) is 3.75. The summed E-state index contributed by atoms with van der Waals surface area (Å²) in [7, 11) is 2.81. The van der Waals surface area contributed by atoms with Crippen LogP contribution in [0.15, 0.2) is 71.2 Å². The zero-order valence-electron chi connectivity index (χ0n) is 28.7. The van der Waals surface area contributed by atoms with Gasteiger partial charge >= 0.3 is 13.2 Å². The molecule has 6 N–H and O–H groups in total. The van der Waals surface area contributed by atoms with Gasteiger partial charge in [-0.05, 0) is 24.3 Å². The van der Waals surface area contributed by atoms with Crippen molar-refractivity contribution in [1.82, 2.24) is 29.9 Å². The van der Waals surface area contributed by atoms with Crippen molar-refractivity contribution in [3.05, 3.63) is 72.3 Å². The maximum atomic E-state index is 12.6. The predicted octanol–water partition coefficient (Wildman–Crippen LogP) is 4.12. The van der Waals surface area contributed by atoms with Crippen LogP contribution in [0.4, 0.5) is 17.6 Å². The van der Waals surface area contributed by atoms with Crippen LogP contribution in [0, 0.1) is 0 Å². The Bertz CT molecular complexity index is 2060. The quantitative estimate of drug-likeness (QED) is 0.148. The molecule has 16 nitrogen and oxygen atoms in total. The normalized spacial score (nSPS) is 11.9. The molecule has 0 aliphatic carbocycles. The molecule has 4 heterocycles. The number of pyridine rings is 2. The van der Waals surface area contributed by atoms with Gasteiger partial charge in [0.05, 0.1) is 95.0 Å². The summed E-state index contributed by atoms with van der Waals surface area (Å²) < 4.78 is 104. The van der Waals surface area contributed by atoms with Crippen LogP contribution in [-0.2, 0) is 33.1 Å². The number of imidazole rings is 2. The second-order valence-electron chi connectivity index (χ2n) is 10.2. The van der Waals surface area contributed by atoms with Crippen LogP contribution >= 0.6 is 0 Å². The highest BCUT2D eigenvalue weighted by atomic mass is 32.2. The fourth-order valence-corrected chi connectivity index (χ4v) is 6.82. The number of H-pyrrole nitrogens is 2. The SMILES string of the molecule is COc1ccnc(C[S@](=O)c2nc3ccc(OC(F)F)cc3[nH]2)c1OC.COc1ccnc(C[S@](=O)c2nc3ccc(OC(F)F)cc3[nH]2)c1OC.O.O. The first kappa shape index (κ1) is 42.8. The number of aromatic amines is 2. The summed E-state index contributed by atoms with van der Waals surface area (Å²) >= 11 is 0. The first-order valence-corrected chi connectivity index (χ1v) is 17.4. The molecule has 0 fully saturated rings. The van der Waals surface area contributed by atoms with Gasteiger partial charge in [-0.2, -0.15) is 17.6 Å². The minimum Gasteiger partial charge on any atom is -0.493 e. The van der Waals surface area contributed by atoms with Gasteiger partial charge in [-0.3, -0.25) is 18.4 Å². The number of benzene rings is 2. The van der Waals surface area contributed by atoms with Crippen molar-refractivity contribution in [1.29, 1.82) is 0 Å². The van der Waals surface area contributed by atoms with E-state index in [1.807, 2.05) is 0 Å². The maximum absolute atomic E-state index is 12.6. The van der Waals surface area contributed by atoms with E-state index in [-0.39, 0.29) is 44.3 Å². The summed E-state index contributed by atoms with van der Waals surface area (Å²) in [5.74, 6) is 1.82. The van der Waals surface area contributed by atoms with Crippen molar-refractivity contribution in [2.75, 3.05) is 28.4 Å². The first-order valence-electron chi connectivity index (χ1n) is 14.8. The minimum atomic E-state index is -2.92. The van der Waals surface area contributed by atoms with Crippen LogP contribution in [0.1, 0.15) is 11.4 Å². The van der Waals surface area contributed by atoms with Crippen molar-refractivity contribution in [3.63, 3.8) is 0 Å². The number of nitrogens with zero attached hydrogens (tertiary/aromatic N) is 4. The van der Waals surface area contributed by atoms with Crippen molar-refractivity contribution < 1.29 is 65.4 Å². The molecular weight excluding hydrogens is 769 g/mol. The third-order valence-electron chi connectivity index (χ3n) is 7.01. The lowest BCUT2D eigenvalue weighted by atomic mass is 10.3. The van der Waals surface area contributed by atoms with Crippen LogP contribution in [0.5, 0.6) is 34.5 Å². The summed E-state index contributed by atoms with van der Waals surface area (Å²) in [5, 5.41) is 0.390.